The Morgan fingerprint density at radius 2 is 1.56 bits per heavy atom. The number of unbranched alkanes of at least 4 members (excludes halogenated alkanes) is 2. The fourth-order valence-corrected chi connectivity index (χ4v) is 8.12. The van der Waals surface area contributed by atoms with Gasteiger partial charge < -0.3 is 25.0 Å². The van der Waals surface area contributed by atoms with E-state index in [0.717, 1.165) is 95.2 Å². The van der Waals surface area contributed by atoms with E-state index >= 15 is 0 Å². The van der Waals surface area contributed by atoms with Gasteiger partial charge in [0.1, 0.15) is 11.2 Å². The van der Waals surface area contributed by atoms with Gasteiger partial charge in [0.2, 0.25) is 5.91 Å². The summed E-state index contributed by atoms with van der Waals surface area (Å²) in [7, 11) is 1.73. The molecule has 0 radical (unpaired) electrons. The van der Waals surface area contributed by atoms with Crippen LogP contribution in [-0.4, -0.2) is 97.8 Å². The molecule has 0 unspecified atom stereocenters. The molecule has 1 atom stereocenters. The summed E-state index contributed by atoms with van der Waals surface area (Å²) in [5, 5.41) is 0. The molecule has 8 heteroatoms. The molecule has 2 fully saturated rings. The highest BCUT2D eigenvalue weighted by Gasteiger charge is 2.49. The maximum Gasteiger partial charge on any atom is 0.232 e. The molecule has 2 aliphatic rings. The summed E-state index contributed by atoms with van der Waals surface area (Å²) in [5.41, 5.74) is 8.59. The SMILES string of the molecule is CCN(CCCCCOCCCN1CC[C@@H](C(C(N)=O)(c2ccccc2)c2ccccc2)C1)C1CCN(Cc2cnccc2OC)CC1. The normalized spacial score (nSPS) is 18.0. The van der Waals surface area contributed by atoms with Crippen LogP contribution in [0.15, 0.2) is 79.1 Å². The quantitative estimate of drug-likeness (QED) is 0.165. The second-order valence-corrected chi connectivity index (χ2v) is 13.5. The molecular formula is C40H57N5O3. The summed E-state index contributed by atoms with van der Waals surface area (Å²) in [5.74, 6) is 0.801. The number of piperidine rings is 1. The lowest BCUT2D eigenvalue weighted by molar-refractivity contribution is -0.123. The number of ether oxygens (including phenoxy) is 2. The van der Waals surface area contributed by atoms with Crippen LogP contribution < -0.4 is 10.5 Å². The van der Waals surface area contributed by atoms with E-state index in [9.17, 15) is 4.79 Å². The summed E-state index contributed by atoms with van der Waals surface area (Å²) in [4.78, 5) is 25.3. The number of nitrogens with zero attached hydrogens (tertiary/aromatic N) is 4. The third-order valence-electron chi connectivity index (χ3n) is 10.7. The summed E-state index contributed by atoms with van der Waals surface area (Å²) >= 11 is 0. The molecule has 2 saturated heterocycles. The van der Waals surface area contributed by atoms with Gasteiger partial charge in [-0.3, -0.25) is 14.7 Å². The zero-order valence-electron chi connectivity index (χ0n) is 29.3. The standard InChI is InChI=1S/C40H57N5O3/c1-3-45(37-20-26-44(27-21-37)31-33-30-42-22-18-38(33)47-2)24-11-6-12-28-48-29-13-23-43-25-19-36(32-43)40(39(41)46,34-14-7-4-8-15-34)35-16-9-5-10-17-35/h4-5,7-10,14-18,22,30,36-37H,3,6,11-13,19-21,23-29,31-32H2,1-2H3,(H2,41,46)/t36-/m1/s1. The molecule has 3 aromatic rings. The molecule has 260 valence electrons. The van der Waals surface area contributed by atoms with Crippen LogP contribution in [0, 0.1) is 5.92 Å². The number of amides is 1. The zero-order chi connectivity index (χ0) is 33.6. The number of rotatable bonds is 19. The molecule has 48 heavy (non-hydrogen) atoms. The molecule has 0 saturated carbocycles. The van der Waals surface area contributed by atoms with E-state index in [-0.39, 0.29) is 11.8 Å². The third kappa shape index (κ3) is 9.03. The minimum absolute atomic E-state index is 0.131. The highest BCUT2D eigenvalue weighted by molar-refractivity contribution is 5.91. The summed E-state index contributed by atoms with van der Waals surface area (Å²) < 4.78 is 11.6. The Morgan fingerprint density at radius 1 is 0.896 bits per heavy atom. The lowest BCUT2D eigenvalue weighted by Crippen LogP contribution is -2.49. The predicted octanol–water partition coefficient (Wildman–Crippen LogP) is 5.75. The van der Waals surface area contributed by atoms with Crippen LogP contribution in [0.3, 0.4) is 0 Å². The van der Waals surface area contributed by atoms with E-state index in [4.69, 9.17) is 15.2 Å². The van der Waals surface area contributed by atoms with E-state index in [2.05, 4.69) is 50.9 Å². The van der Waals surface area contributed by atoms with E-state index < -0.39 is 5.41 Å². The molecule has 2 N–H and O–H groups in total. The molecule has 1 amide bonds. The summed E-state index contributed by atoms with van der Waals surface area (Å²) in [6.07, 6.45) is 11.7. The monoisotopic (exact) mass is 655 g/mol. The van der Waals surface area contributed by atoms with Gasteiger partial charge in [-0.25, -0.2) is 0 Å². The summed E-state index contributed by atoms with van der Waals surface area (Å²) in [6.45, 7) is 12.2. The van der Waals surface area contributed by atoms with Gasteiger partial charge in [0.25, 0.3) is 0 Å². The number of hydrogen-bond donors (Lipinski definition) is 1. The molecule has 0 aliphatic carbocycles. The first kappa shape index (κ1) is 36.0. The second-order valence-electron chi connectivity index (χ2n) is 13.5. The third-order valence-corrected chi connectivity index (χ3v) is 10.7. The number of hydrogen-bond acceptors (Lipinski definition) is 7. The zero-order valence-corrected chi connectivity index (χ0v) is 29.3. The number of benzene rings is 2. The number of nitrogens with two attached hydrogens (primary N) is 1. The van der Waals surface area contributed by atoms with Crippen molar-refractivity contribution < 1.29 is 14.3 Å². The van der Waals surface area contributed by atoms with Crippen LogP contribution in [-0.2, 0) is 21.5 Å². The molecule has 3 heterocycles. The highest BCUT2D eigenvalue weighted by Crippen LogP contribution is 2.43. The molecule has 0 bridgehead atoms. The van der Waals surface area contributed by atoms with Crippen molar-refractivity contribution in [1.29, 1.82) is 0 Å². The maximum absolute atomic E-state index is 13.3. The first-order valence-electron chi connectivity index (χ1n) is 18.2. The number of likely N-dealkylation sites (tertiary alicyclic amines) is 2. The molecule has 0 spiro atoms. The molecular weight excluding hydrogens is 598 g/mol. The van der Waals surface area contributed by atoms with Gasteiger partial charge in [0.15, 0.2) is 0 Å². The first-order valence-corrected chi connectivity index (χ1v) is 18.2. The van der Waals surface area contributed by atoms with Crippen LogP contribution in [0.2, 0.25) is 0 Å². The van der Waals surface area contributed by atoms with Gasteiger partial charge in [-0.1, -0.05) is 67.6 Å². The Labute approximate surface area is 288 Å². The van der Waals surface area contributed by atoms with Gasteiger partial charge in [-0.2, -0.15) is 0 Å². The lowest BCUT2D eigenvalue weighted by atomic mass is 9.64. The van der Waals surface area contributed by atoms with Crippen molar-refractivity contribution in [3.63, 3.8) is 0 Å². The van der Waals surface area contributed by atoms with Gasteiger partial charge in [0, 0.05) is 56.8 Å². The van der Waals surface area contributed by atoms with Crippen LogP contribution in [0.25, 0.3) is 0 Å². The van der Waals surface area contributed by atoms with Gasteiger partial charge >= 0.3 is 0 Å². The van der Waals surface area contributed by atoms with Gasteiger partial charge in [-0.15, -0.1) is 0 Å². The van der Waals surface area contributed by atoms with E-state index in [0.29, 0.717) is 6.04 Å². The van der Waals surface area contributed by atoms with Crippen LogP contribution in [0.4, 0.5) is 0 Å². The topological polar surface area (TPSA) is 84.2 Å². The minimum atomic E-state index is -0.826. The van der Waals surface area contributed by atoms with Crippen molar-refractivity contribution in [2.45, 2.75) is 69.9 Å². The number of carbonyl (C=O) groups is 1. The number of methoxy groups -OCH3 is 1. The largest absolute Gasteiger partial charge is 0.496 e. The van der Waals surface area contributed by atoms with Gasteiger partial charge in [-0.05, 0) is 101 Å². The summed E-state index contributed by atoms with van der Waals surface area (Å²) in [6, 6.07) is 22.9. The Kier molecular flexibility index (Phi) is 13.8. The van der Waals surface area contributed by atoms with Crippen molar-refractivity contribution in [3.8, 4) is 5.75 Å². The van der Waals surface area contributed by atoms with E-state index in [1.165, 1.54) is 37.8 Å². The minimum Gasteiger partial charge on any atom is -0.496 e. The van der Waals surface area contributed by atoms with Crippen molar-refractivity contribution >= 4 is 5.91 Å². The Balaban J connectivity index is 0.964. The molecule has 2 aliphatic heterocycles. The van der Waals surface area contributed by atoms with Crippen LogP contribution >= 0.6 is 0 Å². The average molecular weight is 656 g/mol. The van der Waals surface area contributed by atoms with Crippen molar-refractivity contribution in [1.82, 2.24) is 19.7 Å². The fourth-order valence-electron chi connectivity index (χ4n) is 8.12. The predicted molar refractivity (Wildman–Crippen MR) is 193 cm³/mol. The number of carbonyl (C=O) groups excluding carboxylic acids is 1. The highest BCUT2D eigenvalue weighted by atomic mass is 16.5. The van der Waals surface area contributed by atoms with E-state index in [1.54, 1.807) is 13.3 Å². The van der Waals surface area contributed by atoms with Gasteiger partial charge in [0.05, 0.1) is 7.11 Å². The van der Waals surface area contributed by atoms with Crippen molar-refractivity contribution in [2.24, 2.45) is 11.7 Å². The second kappa shape index (κ2) is 18.5. The van der Waals surface area contributed by atoms with Crippen LogP contribution in [0.5, 0.6) is 5.75 Å². The lowest BCUT2D eigenvalue weighted by Gasteiger charge is -2.38. The number of primary amides is 1. The first-order chi connectivity index (χ1) is 23.6. The fraction of sp³-hybridized carbons (Fsp3) is 0.550. The number of aromatic nitrogens is 1. The Morgan fingerprint density at radius 3 is 2.21 bits per heavy atom. The van der Waals surface area contributed by atoms with Crippen LogP contribution in [0.1, 0.15) is 68.6 Å². The maximum atomic E-state index is 13.3. The Hall–Kier alpha value is -3.30. The molecule has 1 aromatic heterocycles. The smallest absolute Gasteiger partial charge is 0.232 e. The Bertz CT molecular complexity index is 1330. The molecule has 8 nitrogen and oxygen atoms in total. The van der Waals surface area contributed by atoms with Crippen molar-refractivity contribution in [2.75, 3.05) is 66.1 Å². The molecule has 2 aromatic carbocycles. The number of pyridine rings is 1. The average Bonchev–Trinajstić information content (AvgIpc) is 3.60. The van der Waals surface area contributed by atoms with Crippen molar-refractivity contribution in [3.05, 3.63) is 95.8 Å². The molecule has 5 rings (SSSR count). The van der Waals surface area contributed by atoms with E-state index in [1.807, 2.05) is 48.7 Å².